The van der Waals surface area contributed by atoms with Crippen LogP contribution in [0.3, 0.4) is 0 Å². The highest BCUT2D eigenvalue weighted by molar-refractivity contribution is 5.87. The van der Waals surface area contributed by atoms with E-state index in [2.05, 4.69) is 5.32 Å². The van der Waals surface area contributed by atoms with Gasteiger partial charge in [-0.25, -0.2) is 4.79 Å². The first kappa shape index (κ1) is 9.64. The van der Waals surface area contributed by atoms with Crippen LogP contribution >= 0.6 is 0 Å². The molecular weight excluding hydrogens is 196 g/mol. The molecule has 0 amide bonds. The zero-order valence-electron chi connectivity index (χ0n) is 8.52. The normalized spacial score (nSPS) is 23.5. The standard InChI is InChI=1S/C10H12N2O3/c1-6-9(10(13)14)12-4-3-7(15-2)5-8(12)11-6/h3-5,8,11H,1-2H3,(H,13,14). The van der Waals surface area contributed by atoms with Crippen LogP contribution in [0.1, 0.15) is 6.92 Å². The van der Waals surface area contributed by atoms with Crippen LogP contribution in [0.2, 0.25) is 0 Å². The summed E-state index contributed by atoms with van der Waals surface area (Å²) >= 11 is 0. The lowest BCUT2D eigenvalue weighted by Gasteiger charge is -2.25. The summed E-state index contributed by atoms with van der Waals surface area (Å²) in [5, 5.41) is 12.1. The number of hydrogen-bond donors (Lipinski definition) is 2. The number of carbonyl (C=O) groups is 1. The zero-order chi connectivity index (χ0) is 11.0. The van der Waals surface area contributed by atoms with E-state index in [0.717, 1.165) is 5.76 Å². The highest BCUT2D eigenvalue weighted by Crippen LogP contribution is 2.25. The molecule has 0 saturated heterocycles. The minimum atomic E-state index is -0.929. The molecule has 0 aromatic rings. The van der Waals surface area contributed by atoms with Gasteiger partial charge in [0.25, 0.3) is 0 Å². The fourth-order valence-electron chi connectivity index (χ4n) is 1.75. The van der Waals surface area contributed by atoms with Crippen molar-refractivity contribution in [3.05, 3.63) is 35.5 Å². The van der Waals surface area contributed by atoms with Crippen LogP contribution in [-0.4, -0.2) is 29.3 Å². The Hall–Kier alpha value is -1.91. The van der Waals surface area contributed by atoms with Crippen molar-refractivity contribution in [3.63, 3.8) is 0 Å². The van der Waals surface area contributed by atoms with Gasteiger partial charge in [0.05, 0.1) is 7.11 Å². The molecule has 2 heterocycles. The average Bonchev–Trinajstić information content (AvgIpc) is 2.52. The molecule has 0 aromatic heterocycles. The van der Waals surface area contributed by atoms with Crippen molar-refractivity contribution in [2.45, 2.75) is 13.1 Å². The van der Waals surface area contributed by atoms with Crippen LogP contribution in [0, 0.1) is 0 Å². The average molecular weight is 208 g/mol. The number of ether oxygens (including phenoxy) is 1. The van der Waals surface area contributed by atoms with Gasteiger partial charge in [-0.1, -0.05) is 0 Å². The number of aliphatic carboxylic acids is 1. The molecule has 2 aliphatic heterocycles. The molecule has 2 rings (SSSR count). The number of rotatable bonds is 2. The van der Waals surface area contributed by atoms with E-state index in [1.54, 1.807) is 31.2 Å². The van der Waals surface area contributed by atoms with E-state index in [9.17, 15) is 4.79 Å². The molecule has 0 saturated carbocycles. The maximum atomic E-state index is 11.0. The Bertz CT molecular complexity index is 395. The third-order valence-corrected chi connectivity index (χ3v) is 2.44. The smallest absolute Gasteiger partial charge is 0.354 e. The van der Waals surface area contributed by atoms with Crippen LogP contribution in [0.15, 0.2) is 35.5 Å². The minimum Gasteiger partial charge on any atom is -0.497 e. The number of carboxylic acid groups (broad SMARTS) is 1. The van der Waals surface area contributed by atoms with Crippen molar-refractivity contribution in [1.29, 1.82) is 0 Å². The van der Waals surface area contributed by atoms with Crippen molar-refractivity contribution in [2.75, 3.05) is 7.11 Å². The van der Waals surface area contributed by atoms with Gasteiger partial charge in [-0.15, -0.1) is 0 Å². The first-order valence-electron chi connectivity index (χ1n) is 4.56. The van der Waals surface area contributed by atoms with Gasteiger partial charge in [-0.3, -0.25) is 0 Å². The second-order valence-corrected chi connectivity index (χ2v) is 3.36. The predicted molar refractivity (Wildman–Crippen MR) is 53.3 cm³/mol. The summed E-state index contributed by atoms with van der Waals surface area (Å²) in [5.41, 5.74) is 0.938. The van der Waals surface area contributed by atoms with Crippen molar-refractivity contribution in [2.24, 2.45) is 0 Å². The molecule has 0 fully saturated rings. The van der Waals surface area contributed by atoms with Gasteiger partial charge in [0.1, 0.15) is 17.6 Å². The summed E-state index contributed by atoms with van der Waals surface area (Å²) in [6.45, 7) is 1.75. The molecule has 5 heteroatoms. The van der Waals surface area contributed by atoms with E-state index in [4.69, 9.17) is 9.84 Å². The Morgan fingerprint density at radius 3 is 3.00 bits per heavy atom. The predicted octanol–water partition coefficient (Wildman–Crippen LogP) is 0.591. The Balaban J connectivity index is 2.29. The van der Waals surface area contributed by atoms with Gasteiger partial charge >= 0.3 is 5.97 Å². The number of methoxy groups -OCH3 is 1. The SMILES string of the molecule is COC1=CC2NC(C)=C(C(=O)O)N2C=C1. The Morgan fingerprint density at radius 1 is 1.67 bits per heavy atom. The van der Waals surface area contributed by atoms with Crippen molar-refractivity contribution >= 4 is 5.97 Å². The van der Waals surface area contributed by atoms with E-state index >= 15 is 0 Å². The second kappa shape index (κ2) is 3.34. The van der Waals surface area contributed by atoms with Gasteiger partial charge in [-0.05, 0) is 13.0 Å². The first-order chi connectivity index (χ1) is 7.13. The molecule has 0 bridgehead atoms. The van der Waals surface area contributed by atoms with E-state index in [0.29, 0.717) is 5.70 Å². The second-order valence-electron chi connectivity index (χ2n) is 3.36. The molecule has 80 valence electrons. The van der Waals surface area contributed by atoms with Gasteiger partial charge in [0, 0.05) is 18.0 Å². The van der Waals surface area contributed by atoms with E-state index in [1.807, 2.05) is 6.08 Å². The molecule has 15 heavy (non-hydrogen) atoms. The molecule has 0 aliphatic carbocycles. The number of fused-ring (bicyclic) bond motifs is 1. The fourth-order valence-corrected chi connectivity index (χ4v) is 1.75. The monoisotopic (exact) mass is 208 g/mol. The third-order valence-electron chi connectivity index (χ3n) is 2.44. The van der Waals surface area contributed by atoms with Crippen LogP contribution in [0.25, 0.3) is 0 Å². The highest BCUT2D eigenvalue weighted by atomic mass is 16.5. The summed E-state index contributed by atoms with van der Waals surface area (Å²) in [7, 11) is 1.58. The summed E-state index contributed by atoms with van der Waals surface area (Å²) in [6, 6.07) is 0. The minimum absolute atomic E-state index is 0.156. The summed E-state index contributed by atoms with van der Waals surface area (Å²) in [5.74, 6) is -0.204. The topological polar surface area (TPSA) is 61.8 Å². The van der Waals surface area contributed by atoms with Crippen molar-refractivity contribution in [3.8, 4) is 0 Å². The van der Waals surface area contributed by atoms with Gasteiger partial charge < -0.3 is 20.1 Å². The number of hydrogen-bond acceptors (Lipinski definition) is 4. The molecule has 0 radical (unpaired) electrons. The quantitative estimate of drug-likeness (QED) is 0.695. The lowest BCUT2D eigenvalue weighted by atomic mass is 10.2. The van der Waals surface area contributed by atoms with Gasteiger partial charge in [-0.2, -0.15) is 0 Å². The fraction of sp³-hybridized carbons (Fsp3) is 0.300. The highest BCUT2D eigenvalue weighted by Gasteiger charge is 2.32. The van der Waals surface area contributed by atoms with Crippen molar-refractivity contribution in [1.82, 2.24) is 10.2 Å². The summed E-state index contributed by atoms with van der Waals surface area (Å²) < 4.78 is 5.07. The molecule has 2 N–H and O–H groups in total. The molecule has 1 atom stereocenters. The summed E-state index contributed by atoms with van der Waals surface area (Å²) in [6.07, 6.45) is 5.12. The van der Waals surface area contributed by atoms with Crippen LogP contribution < -0.4 is 5.32 Å². The van der Waals surface area contributed by atoms with E-state index in [-0.39, 0.29) is 11.9 Å². The van der Waals surface area contributed by atoms with Crippen molar-refractivity contribution < 1.29 is 14.6 Å². The van der Waals surface area contributed by atoms with Crippen LogP contribution in [-0.2, 0) is 9.53 Å². The van der Waals surface area contributed by atoms with E-state index < -0.39 is 5.97 Å². The van der Waals surface area contributed by atoms with Gasteiger partial charge in [0.2, 0.25) is 0 Å². The molecule has 1 unspecified atom stereocenters. The molecular formula is C10H12N2O3. The maximum absolute atomic E-state index is 11.0. The van der Waals surface area contributed by atoms with E-state index in [1.165, 1.54) is 0 Å². The van der Waals surface area contributed by atoms with Gasteiger partial charge in [0.15, 0.2) is 0 Å². The Morgan fingerprint density at radius 2 is 2.40 bits per heavy atom. The number of nitrogens with one attached hydrogen (secondary N) is 1. The Kier molecular flexibility index (Phi) is 2.15. The van der Waals surface area contributed by atoms with Crippen LogP contribution in [0.4, 0.5) is 0 Å². The zero-order valence-corrected chi connectivity index (χ0v) is 8.52. The molecule has 0 aromatic carbocycles. The maximum Gasteiger partial charge on any atom is 0.354 e. The number of allylic oxidation sites excluding steroid dienone is 2. The lowest BCUT2D eigenvalue weighted by Crippen LogP contribution is -2.35. The molecule has 0 spiro atoms. The van der Waals surface area contributed by atoms with Crippen LogP contribution in [0.5, 0.6) is 0 Å². The number of carboxylic acids is 1. The first-order valence-corrected chi connectivity index (χ1v) is 4.56. The lowest BCUT2D eigenvalue weighted by molar-refractivity contribution is -0.134. The Labute approximate surface area is 87.3 Å². The molecule has 2 aliphatic rings. The number of nitrogens with zero attached hydrogens (tertiary/aromatic N) is 1. The molecule has 5 nitrogen and oxygen atoms in total. The third kappa shape index (κ3) is 1.45. The summed E-state index contributed by atoms with van der Waals surface area (Å²) in [4.78, 5) is 12.7. The largest absolute Gasteiger partial charge is 0.497 e.